The average Bonchev–Trinajstić information content (AvgIpc) is 2.97. The van der Waals surface area contributed by atoms with Gasteiger partial charge < -0.3 is 24.8 Å². The average molecular weight is 388 g/mol. The Labute approximate surface area is 165 Å². The van der Waals surface area contributed by atoms with E-state index in [2.05, 4.69) is 5.32 Å². The molecule has 2 N–H and O–H groups in total. The molecule has 1 aromatic rings. The largest absolute Gasteiger partial charge is 0.487 e. The molecule has 4 atom stereocenters. The molecule has 2 heterocycles. The second-order valence-corrected chi connectivity index (χ2v) is 8.27. The van der Waals surface area contributed by atoms with Crippen LogP contribution in [-0.2, 0) is 14.3 Å². The van der Waals surface area contributed by atoms with Crippen LogP contribution in [0.15, 0.2) is 18.2 Å². The number of hydrogen-bond donors (Lipinski definition) is 2. The van der Waals surface area contributed by atoms with Gasteiger partial charge in [0.1, 0.15) is 18.0 Å². The quantitative estimate of drug-likeness (QED) is 0.804. The van der Waals surface area contributed by atoms with Crippen molar-refractivity contribution in [2.75, 3.05) is 26.0 Å². The van der Waals surface area contributed by atoms with Crippen molar-refractivity contribution >= 4 is 17.5 Å². The topological polar surface area (TPSA) is 88.1 Å². The predicted molar refractivity (Wildman–Crippen MR) is 103 cm³/mol. The summed E-state index contributed by atoms with van der Waals surface area (Å²) in [5, 5.41) is 12.8. The minimum Gasteiger partial charge on any atom is -0.487 e. The second kappa shape index (κ2) is 7.72. The molecule has 28 heavy (non-hydrogen) atoms. The van der Waals surface area contributed by atoms with Crippen molar-refractivity contribution in [1.29, 1.82) is 0 Å². The standard InChI is InChI=1S/C21H28N2O5/c1-23(2)19(25)10-14-9-16-15-8-13(22-21(26)12-4-3-5-12)6-7-17(15)28-20(16)18(11-24)27-14/h6-8,12,14,16,18,20,24H,3-5,9-11H2,1-2H3,(H,22,26)/t14-,16+,18+,20-/m1/s1. The summed E-state index contributed by atoms with van der Waals surface area (Å²) >= 11 is 0. The number of nitrogens with one attached hydrogen (secondary N) is 1. The van der Waals surface area contributed by atoms with Crippen LogP contribution in [-0.4, -0.2) is 60.8 Å². The zero-order valence-electron chi connectivity index (χ0n) is 16.4. The highest BCUT2D eigenvalue weighted by Gasteiger charge is 2.46. The van der Waals surface area contributed by atoms with Crippen LogP contribution in [0.2, 0.25) is 0 Å². The van der Waals surface area contributed by atoms with Crippen molar-refractivity contribution in [2.45, 2.75) is 56.3 Å². The maximum atomic E-state index is 12.3. The summed E-state index contributed by atoms with van der Waals surface area (Å²) in [6.45, 7) is -0.160. The first kappa shape index (κ1) is 19.2. The molecule has 1 saturated carbocycles. The van der Waals surface area contributed by atoms with Gasteiger partial charge in [0.25, 0.3) is 0 Å². The number of carbonyl (C=O) groups is 2. The van der Waals surface area contributed by atoms with E-state index in [-0.39, 0.29) is 48.9 Å². The zero-order valence-corrected chi connectivity index (χ0v) is 16.4. The number of benzene rings is 1. The summed E-state index contributed by atoms with van der Waals surface area (Å²) < 4.78 is 12.0. The SMILES string of the molecule is CN(C)C(=O)C[C@H]1C[C@H]2c3cc(NC(=O)C4CCC4)ccc3O[C@H]2[C@H](CO)O1. The van der Waals surface area contributed by atoms with Crippen molar-refractivity contribution in [3.8, 4) is 5.75 Å². The van der Waals surface area contributed by atoms with Crippen molar-refractivity contribution in [3.63, 3.8) is 0 Å². The van der Waals surface area contributed by atoms with E-state index in [1.54, 1.807) is 19.0 Å². The number of anilines is 1. The molecule has 0 bridgehead atoms. The fraction of sp³-hybridized carbons (Fsp3) is 0.619. The molecule has 1 aliphatic carbocycles. The molecule has 1 saturated heterocycles. The van der Waals surface area contributed by atoms with E-state index in [0.29, 0.717) is 6.42 Å². The van der Waals surface area contributed by atoms with Gasteiger partial charge in [-0.05, 0) is 37.5 Å². The molecule has 0 radical (unpaired) electrons. The molecule has 0 spiro atoms. The van der Waals surface area contributed by atoms with E-state index in [1.165, 1.54) is 0 Å². The van der Waals surface area contributed by atoms with E-state index in [0.717, 1.165) is 36.3 Å². The molecule has 152 valence electrons. The zero-order chi connectivity index (χ0) is 19.8. The van der Waals surface area contributed by atoms with Crippen molar-refractivity contribution in [1.82, 2.24) is 4.90 Å². The van der Waals surface area contributed by atoms with Crippen molar-refractivity contribution in [3.05, 3.63) is 23.8 Å². The fourth-order valence-electron chi connectivity index (χ4n) is 4.26. The summed E-state index contributed by atoms with van der Waals surface area (Å²) in [7, 11) is 3.45. The highest BCUT2D eigenvalue weighted by atomic mass is 16.6. The lowest BCUT2D eigenvalue weighted by molar-refractivity contribution is -0.147. The van der Waals surface area contributed by atoms with Crippen LogP contribution < -0.4 is 10.1 Å². The van der Waals surface area contributed by atoms with E-state index in [1.807, 2.05) is 18.2 Å². The lowest BCUT2D eigenvalue weighted by atomic mass is 9.83. The number of hydrogen-bond acceptors (Lipinski definition) is 5. The number of nitrogens with zero attached hydrogens (tertiary/aromatic N) is 1. The Hall–Kier alpha value is -2.12. The monoisotopic (exact) mass is 388 g/mol. The third-order valence-corrected chi connectivity index (χ3v) is 6.14. The molecule has 2 amide bonds. The van der Waals surface area contributed by atoms with Gasteiger partial charge >= 0.3 is 0 Å². The maximum Gasteiger partial charge on any atom is 0.227 e. The summed E-state index contributed by atoms with van der Waals surface area (Å²) in [6, 6.07) is 5.70. The number of amides is 2. The van der Waals surface area contributed by atoms with Crippen LogP contribution in [0.4, 0.5) is 5.69 Å². The summed E-state index contributed by atoms with van der Waals surface area (Å²) in [5.74, 6) is 0.998. The molecule has 2 aliphatic heterocycles. The fourth-order valence-corrected chi connectivity index (χ4v) is 4.26. The Kier molecular flexibility index (Phi) is 5.29. The summed E-state index contributed by atoms with van der Waals surface area (Å²) in [4.78, 5) is 25.9. The van der Waals surface area contributed by atoms with E-state index < -0.39 is 6.10 Å². The third kappa shape index (κ3) is 3.61. The Bertz CT molecular complexity index is 761. The molecule has 4 rings (SSSR count). The lowest BCUT2D eigenvalue weighted by Crippen LogP contribution is -2.47. The smallest absolute Gasteiger partial charge is 0.227 e. The Morgan fingerprint density at radius 3 is 2.71 bits per heavy atom. The van der Waals surface area contributed by atoms with Gasteiger partial charge in [0, 0.05) is 37.2 Å². The minimum atomic E-state index is -0.473. The van der Waals surface area contributed by atoms with Gasteiger partial charge in [-0.25, -0.2) is 0 Å². The van der Waals surface area contributed by atoms with Gasteiger partial charge in [-0.15, -0.1) is 0 Å². The minimum absolute atomic E-state index is 0.000733. The van der Waals surface area contributed by atoms with Crippen LogP contribution in [0.3, 0.4) is 0 Å². The van der Waals surface area contributed by atoms with Gasteiger partial charge in [0.05, 0.1) is 19.1 Å². The van der Waals surface area contributed by atoms with Crippen LogP contribution in [0.1, 0.15) is 43.6 Å². The second-order valence-electron chi connectivity index (χ2n) is 8.27. The third-order valence-electron chi connectivity index (χ3n) is 6.14. The molecular weight excluding hydrogens is 360 g/mol. The van der Waals surface area contributed by atoms with Gasteiger partial charge in [-0.1, -0.05) is 6.42 Å². The van der Waals surface area contributed by atoms with Crippen molar-refractivity contribution in [2.24, 2.45) is 5.92 Å². The van der Waals surface area contributed by atoms with Crippen LogP contribution in [0.5, 0.6) is 5.75 Å². The normalized spacial score (nSPS) is 28.5. The van der Waals surface area contributed by atoms with E-state index >= 15 is 0 Å². The molecule has 7 heteroatoms. The molecular formula is C21H28N2O5. The molecule has 0 unspecified atom stereocenters. The Morgan fingerprint density at radius 2 is 2.07 bits per heavy atom. The highest BCUT2D eigenvalue weighted by Crippen LogP contribution is 2.47. The molecule has 2 fully saturated rings. The maximum absolute atomic E-state index is 12.3. The van der Waals surface area contributed by atoms with Gasteiger partial charge in [0.2, 0.25) is 11.8 Å². The predicted octanol–water partition coefficient (Wildman–Crippen LogP) is 1.90. The molecule has 1 aromatic carbocycles. The first-order chi connectivity index (χ1) is 13.5. The molecule has 7 nitrogen and oxygen atoms in total. The van der Waals surface area contributed by atoms with Crippen LogP contribution >= 0.6 is 0 Å². The van der Waals surface area contributed by atoms with Gasteiger partial charge in [-0.2, -0.15) is 0 Å². The number of fused-ring (bicyclic) bond motifs is 3. The van der Waals surface area contributed by atoms with Crippen molar-refractivity contribution < 1.29 is 24.2 Å². The number of carbonyl (C=O) groups excluding carboxylic acids is 2. The summed E-state index contributed by atoms with van der Waals surface area (Å²) in [5.41, 5.74) is 1.79. The molecule has 3 aliphatic rings. The Morgan fingerprint density at radius 1 is 1.29 bits per heavy atom. The Balaban J connectivity index is 1.52. The number of ether oxygens (including phenoxy) is 2. The van der Waals surface area contributed by atoms with E-state index in [4.69, 9.17) is 9.47 Å². The van der Waals surface area contributed by atoms with Gasteiger partial charge in [-0.3, -0.25) is 9.59 Å². The summed E-state index contributed by atoms with van der Waals surface area (Å²) in [6.07, 6.45) is 2.95. The number of rotatable bonds is 5. The number of aliphatic hydroxyl groups excluding tert-OH is 1. The first-order valence-electron chi connectivity index (χ1n) is 10.0. The van der Waals surface area contributed by atoms with Gasteiger partial charge in [0.15, 0.2) is 0 Å². The van der Waals surface area contributed by atoms with Crippen LogP contribution in [0.25, 0.3) is 0 Å². The highest BCUT2D eigenvalue weighted by molar-refractivity contribution is 5.93. The van der Waals surface area contributed by atoms with E-state index in [9.17, 15) is 14.7 Å². The first-order valence-corrected chi connectivity index (χ1v) is 10.0. The lowest BCUT2D eigenvalue weighted by Gasteiger charge is -2.37. The number of aliphatic hydroxyl groups is 1. The van der Waals surface area contributed by atoms with Crippen LogP contribution in [0, 0.1) is 5.92 Å². The molecule has 0 aromatic heterocycles.